The molecule has 0 saturated heterocycles. The Morgan fingerprint density at radius 3 is 2.29 bits per heavy atom. The zero-order valence-electron chi connectivity index (χ0n) is 15.5. The molecule has 0 spiro atoms. The summed E-state index contributed by atoms with van der Waals surface area (Å²) in [4.78, 5) is 39.6. The first-order chi connectivity index (χ1) is 13.2. The second-order valence-electron chi connectivity index (χ2n) is 5.75. The van der Waals surface area contributed by atoms with Gasteiger partial charge < -0.3 is 14.5 Å². The standard InChI is InChI=1S/C19H19F2NO5S/c1-4-26-18(25)16-10(2)15(11(3)22-16)14(23)9-27-17(24)12-5-7-13(8-6-12)28-19(20)21/h5-8,19,22H,4,9H2,1-3H3. The number of aromatic nitrogens is 1. The number of nitrogens with one attached hydrogen (secondary N) is 1. The molecule has 1 heterocycles. The van der Waals surface area contributed by atoms with E-state index in [0.29, 0.717) is 27.9 Å². The molecule has 1 aromatic carbocycles. The summed E-state index contributed by atoms with van der Waals surface area (Å²) in [5.41, 5.74) is 1.47. The van der Waals surface area contributed by atoms with Crippen molar-refractivity contribution in [2.45, 2.75) is 31.4 Å². The molecular weight excluding hydrogens is 392 g/mol. The molecule has 9 heteroatoms. The van der Waals surface area contributed by atoms with Crippen molar-refractivity contribution in [1.29, 1.82) is 0 Å². The molecule has 1 aromatic heterocycles. The van der Waals surface area contributed by atoms with E-state index in [-0.39, 0.29) is 23.4 Å². The molecule has 0 aliphatic heterocycles. The Bertz CT molecular complexity index is 877. The summed E-state index contributed by atoms with van der Waals surface area (Å²) in [6.07, 6.45) is 0. The number of aryl methyl sites for hydroxylation is 1. The van der Waals surface area contributed by atoms with Gasteiger partial charge in [0.2, 0.25) is 5.78 Å². The first-order valence-corrected chi connectivity index (χ1v) is 9.24. The van der Waals surface area contributed by atoms with E-state index in [1.807, 2.05) is 0 Å². The zero-order chi connectivity index (χ0) is 20.8. The van der Waals surface area contributed by atoms with Crippen LogP contribution < -0.4 is 0 Å². The Hall–Kier alpha value is -2.68. The van der Waals surface area contributed by atoms with E-state index in [2.05, 4.69) is 4.98 Å². The molecule has 0 fully saturated rings. The van der Waals surface area contributed by atoms with Gasteiger partial charge in [0.15, 0.2) is 6.61 Å². The van der Waals surface area contributed by atoms with Gasteiger partial charge in [0.25, 0.3) is 5.76 Å². The maximum Gasteiger partial charge on any atom is 0.355 e. The van der Waals surface area contributed by atoms with Crippen LogP contribution in [0.3, 0.4) is 0 Å². The number of aromatic amines is 1. The SMILES string of the molecule is CCOC(=O)c1[nH]c(C)c(C(=O)COC(=O)c2ccc(SC(F)F)cc2)c1C. The minimum absolute atomic E-state index is 0.140. The lowest BCUT2D eigenvalue weighted by Gasteiger charge is -2.06. The van der Waals surface area contributed by atoms with Crippen molar-refractivity contribution in [2.75, 3.05) is 13.2 Å². The Morgan fingerprint density at radius 2 is 1.71 bits per heavy atom. The number of ketones is 1. The summed E-state index contributed by atoms with van der Waals surface area (Å²) in [7, 11) is 0. The molecule has 1 N–H and O–H groups in total. The van der Waals surface area contributed by atoms with Crippen molar-refractivity contribution >= 4 is 29.5 Å². The maximum absolute atomic E-state index is 12.5. The number of benzene rings is 1. The van der Waals surface area contributed by atoms with Crippen LogP contribution in [0.15, 0.2) is 29.2 Å². The van der Waals surface area contributed by atoms with Gasteiger partial charge in [-0.3, -0.25) is 4.79 Å². The molecule has 0 saturated carbocycles. The number of H-pyrrole nitrogens is 1. The molecule has 6 nitrogen and oxygen atoms in total. The highest BCUT2D eigenvalue weighted by atomic mass is 32.2. The number of carbonyl (C=O) groups is 3. The second-order valence-corrected chi connectivity index (χ2v) is 6.81. The number of Topliss-reactive ketones (excluding diaryl/α,β-unsaturated/α-hetero) is 1. The lowest BCUT2D eigenvalue weighted by molar-refractivity contribution is 0.0473. The number of halogens is 2. The molecular formula is C19H19F2NO5S. The van der Waals surface area contributed by atoms with Gasteiger partial charge in [-0.2, -0.15) is 8.78 Å². The fourth-order valence-corrected chi connectivity index (χ4v) is 3.13. The van der Waals surface area contributed by atoms with Crippen LogP contribution in [0.25, 0.3) is 0 Å². The number of thioether (sulfide) groups is 1. The van der Waals surface area contributed by atoms with E-state index in [1.54, 1.807) is 20.8 Å². The molecule has 28 heavy (non-hydrogen) atoms. The Morgan fingerprint density at radius 1 is 1.07 bits per heavy atom. The highest BCUT2D eigenvalue weighted by molar-refractivity contribution is 7.99. The van der Waals surface area contributed by atoms with E-state index < -0.39 is 30.1 Å². The third-order valence-electron chi connectivity index (χ3n) is 3.85. The van der Waals surface area contributed by atoms with Gasteiger partial charge >= 0.3 is 11.9 Å². The largest absolute Gasteiger partial charge is 0.461 e. The number of hydrogen-bond donors (Lipinski definition) is 1. The number of hydrogen-bond acceptors (Lipinski definition) is 6. The molecule has 2 rings (SSSR count). The quantitative estimate of drug-likeness (QED) is 0.399. The minimum Gasteiger partial charge on any atom is -0.461 e. The average molecular weight is 411 g/mol. The molecule has 0 bridgehead atoms. The molecule has 0 unspecified atom stereocenters. The predicted molar refractivity (Wildman–Crippen MR) is 99.1 cm³/mol. The van der Waals surface area contributed by atoms with Crippen LogP contribution in [0.4, 0.5) is 8.78 Å². The average Bonchev–Trinajstić information content (AvgIpc) is 2.94. The fraction of sp³-hybridized carbons (Fsp3) is 0.316. The van der Waals surface area contributed by atoms with Crippen molar-refractivity contribution in [3.05, 3.63) is 52.3 Å². The Labute approximate surface area is 164 Å². The smallest absolute Gasteiger partial charge is 0.355 e. The van der Waals surface area contributed by atoms with Crippen molar-refractivity contribution < 1.29 is 32.6 Å². The number of ether oxygens (including phenoxy) is 2. The first-order valence-electron chi connectivity index (χ1n) is 8.36. The van der Waals surface area contributed by atoms with Crippen molar-refractivity contribution in [3.8, 4) is 0 Å². The van der Waals surface area contributed by atoms with Crippen LogP contribution in [0.2, 0.25) is 0 Å². The maximum atomic E-state index is 12.5. The zero-order valence-corrected chi connectivity index (χ0v) is 16.3. The Kier molecular flexibility index (Phi) is 7.33. The van der Waals surface area contributed by atoms with Crippen LogP contribution in [0, 0.1) is 13.8 Å². The number of carbonyl (C=O) groups excluding carboxylic acids is 3. The molecule has 0 aliphatic carbocycles. The van der Waals surface area contributed by atoms with Crippen LogP contribution in [0.1, 0.15) is 49.4 Å². The van der Waals surface area contributed by atoms with Crippen molar-refractivity contribution in [1.82, 2.24) is 4.98 Å². The van der Waals surface area contributed by atoms with Crippen LogP contribution in [0.5, 0.6) is 0 Å². The highest BCUT2D eigenvalue weighted by Gasteiger charge is 2.23. The van der Waals surface area contributed by atoms with Crippen molar-refractivity contribution in [2.24, 2.45) is 0 Å². The van der Waals surface area contributed by atoms with Gasteiger partial charge in [-0.05, 0) is 50.6 Å². The predicted octanol–water partition coefficient (Wildman–Crippen LogP) is 4.16. The number of esters is 2. The summed E-state index contributed by atoms with van der Waals surface area (Å²) in [6, 6.07) is 5.45. The molecule has 150 valence electrons. The summed E-state index contributed by atoms with van der Waals surface area (Å²) < 4.78 is 34.6. The van der Waals surface area contributed by atoms with Gasteiger partial charge in [-0.25, -0.2) is 9.59 Å². The van der Waals surface area contributed by atoms with Gasteiger partial charge in [0.1, 0.15) is 5.69 Å². The molecule has 2 aromatic rings. The van der Waals surface area contributed by atoms with E-state index >= 15 is 0 Å². The van der Waals surface area contributed by atoms with Crippen LogP contribution in [-0.4, -0.2) is 41.7 Å². The van der Waals surface area contributed by atoms with E-state index in [1.165, 1.54) is 24.3 Å². The monoisotopic (exact) mass is 411 g/mol. The molecule has 0 atom stereocenters. The summed E-state index contributed by atoms with van der Waals surface area (Å²) in [5, 5.41) is 0. The Balaban J connectivity index is 2.04. The number of alkyl halides is 2. The third kappa shape index (κ3) is 5.19. The van der Waals surface area contributed by atoms with Gasteiger partial charge in [0.05, 0.1) is 12.2 Å². The van der Waals surface area contributed by atoms with Gasteiger partial charge in [-0.15, -0.1) is 0 Å². The van der Waals surface area contributed by atoms with Gasteiger partial charge in [0, 0.05) is 16.2 Å². The van der Waals surface area contributed by atoms with Crippen LogP contribution >= 0.6 is 11.8 Å². The van der Waals surface area contributed by atoms with Gasteiger partial charge in [-0.1, -0.05) is 11.8 Å². The topological polar surface area (TPSA) is 85.5 Å². The lowest BCUT2D eigenvalue weighted by atomic mass is 10.1. The summed E-state index contributed by atoms with van der Waals surface area (Å²) in [6.45, 7) is 4.58. The minimum atomic E-state index is -2.55. The summed E-state index contributed by atoms with van der Waals surface area (Å²) in [5.74, 6) is -4.35. The third-order valence-corrected chi connectivity index (χ3v) is 4.57. The van der Waals surface area contributed by atoms with E-state index in [9.17, 15) is 23.2 Å². The number of rotatable bonds is 8. The second kappa shape index (κ2) is 9.50. The molecule has 0 radical (unpaired) electrons. The normalized spacial score (nSPS) is 10.8. The van der Waals surface area contributed by atoms with E-state index in [0.717, 1.165) is 0 Å². The van der Waals surface area contributed by atoms with Crippen molar-refractivity contribution in [3.63, 3.8) is 0 Å². The first kappa shape index (κ1) is 21.6. The summed E-state index contributed by atoms with van der Waals surface area (Å²) >= 11 is 0.365. The fourth-order valence-electron chi connectivity index (χ4n) is 2.63. The van der Waals surface area contributed by atoms with Crippen LogP contribution in [-0.2, 0) is 9.47 Å². The lowest BCUT2D eigenvalue weighted by Crippen LogP contribution is -2.15. The molecule has 0 amide bonds. The highest BCUT2D eigenvalue weighted by Crippen LogP contribution is 2.25. The molecule has 0 aliphatic rings. The van der Waals surface area contributed by atoms with E-state index in [4.69, 9.17) is 9.47 Å².